The molecule has 4 aromatic rings. The summed E-state index contributed by atoms with van der Waals surface area (Å²) in [6.07, 6.45) is 8.24. The van der Waals surface area contributed by atoms with E-state index in [1.807, 2.05) is 18.5 Å². The van der Waals surface area contributed by atoms with Crippen LogP contribution < -0.4 is 4.90 Å². The van der Waals surface area contributed by atoms with Gasteiger partial charge < -0.3 is 14.6 Å². The van der Waals surface area contributed by atoms with E-state index in [1.54, 1.807) is 0 Å². The summed E-state index contributed by atoms with van der Waals surface area (Å²) in [5.74, 6) is 1.83. The zero-order valence-electron chi connectivity index (χ0n) is 17.9. The number of nitrogens with zero attached hydrogens (tertiary/aromatic N) is 6. The number of aryl methyl sites for hydroxylation is 1. The predicted molar refractivity (Wildman–Crippen MR) is 124 cm³/mol. The van der Waals surface area contributed by atoms with E-state index >= 15 is 0 Å². The second-order valence-corrected chi connectivity index (χ2v) is 8.75. The number of hydrogen-bond acceptors (Lipinski definition) is 6. The van der Waals surface area contributed by atoms with Gasteiger partial charge in [0.1, 0.15) is 11.3 Å². The van der Waals surface area contributed by atoms with Crippen LogP contribution in [0.3, 0.4) is 0 Å². The molecule has 6 rings (SSSR count). The van der Waals surface area contributed by atoms with E-state index in [0.717, 1.165) is 73.4 Å². The first-order valence-corrected chi connectivity index (χ1v) is 11.4. The minimum absolute atomic E-state index is 0.206. The lowest BCUT2D eigenvalue weighted by atomic mass is 9.97. The lowest BCUT2D eigenvalue weighted by Gasteiger charge is -2.29. The number of rotatable bonds is 3. The van der Waals surface area contributed by atoms with Crippen LogP contribution in [0.1, 0.15) is 43.1 Å². The van der Waals surface area contributed by atoms with Crippen molar-refractivity contribution in [3.05, 3.63) is 66.2 Å². The second kappa shape index (κ2) is 7.98. The number of aromatic nitrogens is 5. The van der Waals surface area contributed by atoms with Gasteiger partial charge in [0, 0.05) is 37.5 Å². The van der Waals surface area contributed by atoms with Crippen LogP contribution >= 0.6 is 0 Å². The number of benzene rings is 1. The average molecular weight is 427 g/mol. The third-order valence-corrected chi connectivity index (χ3v) is 6.67. The Morgan fingerprint density at radius 3 is 2.44 bits per heavy atom. The highest BCUT2D eigenvalue weighted by atomic mass is 16.3. The summed E-state index contributed by atoms with van der Waals surface area (Å²) in [4.78, 5) is 21.2. The Bertz CT molecular complexity index is 1230. The van der Waals surface area contributed by atoms with Crippen LogP contribution in [0.25, 0.3) is 22.4 Å². The Morgan fingerprint density at radius 1 is 0.875 bits per heavy atom. The molecule has 0 spiro atoms. The largest absolute Gasteiger partial charge is 0.393 e. The molecule has 1 atom stereocenters. The highest BCUT2D eigenvalue weighted by Gasteiger charge is 2.26. The van der Waals surface area contributed by atoms with Crippen LogP contribution in [0.5, 0.6) is 0 Å². The van der Waals surface area contributed by atoms with Crippen molar-refractivity contribution < 1.29 is 5.11 Å². The van der Waals surface area contributed by atoms with E-state index in [4.69, 9.17) is 9.97 Å². The molecular weight excluding hydrogens is 400 g/mol. The molecule has 7 heteroatoms. The Balaban J connectivity index is 1.35. The van der Waals surface area contributed by atoms with Gasteiger partial charge in [-0.25, -0.2) is 19.9 Å². The molecular formula is C25H26N6O. The number of piperidine rings is 1. The summed E-state index contributed by atoms with van der Waals surface area (Å²) in [6, 6.07) is 15.0. The molecule has 0 radical (unpaired) electrons. The van der Waals surface area contributed by atoms with E-state index in [-0.39, 0.29) is 12.1 Å². The van der Waals surface area contributed by atoms with Crippen LogP contribution in [0.2, 0.25) is 0 Å². The van der Waals surface area contributed by atoms with Gasteiger partial charge in [-0.3, -0.25) is 0 Å². The molecule has 1 N–H and O–H groups in total. The van der Waals surface area contributed by atoms with Gasteiger partial charge in [0.05, 0.1) is 17.8 Å². The van der Waals surface area contributed by atoms with Crippen molar-refractivity contribution in [3.8, 4) is 11.3 Å². The smallest absolute Gasteiger partial charge is 0.225 e. The van der Waals surface area contributed by atoms with Crippen LogP contribution in [-0.4, -0.2) is 48.8 Å². The summed E-state index contributed by atoms with van der Waals surface area (Å²) >= 11 is 0. The van der Waals surface area contributed by atoms with E-state index in [2.05, 4.69) is 55.8 Å². The third kappa shape index (κ3) is 3.42. The molecule has 162 valence electrons. The fraction of sp³-hybridized carbons (Fsp3) is 0.360. The van der Waals surface area contributed by atoms with Crippen molar-refractivity contribution in [1.82, 2.24) is 24.5 Å². The maximum Gasteiger partial charge on any atom is 0.225 e. The van der Waals surface area contributed by atoms with Crippen molar-refractivity contribution in [1.29, 1.82) is 0 Å². The molecule has 7 nitrogen and oxygen atoms in total. The van der Waals surface area contributed by atoms with Crippen molar-refractivity contribution in [2.75, 3.05) is 18.0 Å². The van der Waals surface area contributed by atoms with E-state index in [9.17, 15) is 5.11 Å². The van der Waals surface area contributed by atoms with E-state index in [1.165, 1.54) is 5.56 Å². The average Bonchev–Trinajstić information content (AvgIpc) is 3.23. The van der Waals surface area contributed by atoms with Crippen molar-refractivity contribution in [2.45, 2.75) is 44.2 Å². The van der Waals surface area contributed by atoms with E-state index < -0.39 is 0 Å². The minimum atomic E-state index is -0.206. The van der Waals surface area contributed by atoms with Gasteiger partial charge in [-0.2, -0.15) is 0 Å². The van der Waals surface area contributed by atoms with Gasteiger partial charge in [-0.05, 0) is 43.4 Å². The molecule has 0 bridgehead atoms. The van der Waals surface area contributed by atoms with Gasteiger partial charge in [0.15, 0.2) is 5.65 Å². The zero-order chi connectivity index (χ0) is 21.5. The first-order valence-electron chi connectivity index (χ1n) is 11.4. The summed E-state index contributed by atoms with van der Waals surface area (Å²) in [7, 11) is 0. The lowest BCUT2D eigenvalue weighted by Crippen LogP contribution is -2.36. The number of aliphatic hydroxyl groups excluding tert-OH is 1. The minimum Gasteiger partial charge on any atom is -0.393 e. The number of aliphatic hydroxyl groups is 1. The van der Waals surface area contributed by atoms with E-state index in [0.29, 0.717) is 5.95 Å². The summed E-state index contributed by atoms with van der Waals surface area (Å²) < 4.78 is 2.33. The molecule has 3 aromatic heterocycles. The first kappa shape index (κ1) is 19.4. The molecule has 32 heavy (non-hydrogen) atoms. The molecule has 1 fully saturated rings. The molecule has 2 aliphatic heterocycles. The topological polar surface area (TPSA) is 80.0 Å². The molecule has 2 aliphatic rings. The monoisotopic (exact) mass is 426 g/mol. The lowest BCUT2D eigenvalue weighted by molar-refractivity contribution is 0.145. The molecule has 0 amide bonds. The molecule has 1 saturated heterocycles. The van der Waals surface area contributed by atoms with Gasteiger partial charge in [-0.15, -0.1) is 0 Å². The van der Waals surface area contributed by atoms with Crippen molar-refractivity contribution >= 4 is 17.1 Å². The number of hydrogen-bond donors (Lipinski definition) is 1. The fourth-order valence-corrected chi connectivity index (χ4v) is 4.94. The Kier molecular flexibility index (Phi) is 4.83. The Labute approximate surface area is 186 Å². The van der Waals surface area contributed by atoms with Gasteiger partial charge >= 0.3 is 0 Å². The third-order valence-electron chi connectivity index (χ3n) is 6.67. The molecule has 0 saturated carbocycles. The SMILES string of the molecule is OC1CCN(c2ncc(-c3ccc4nc5n(c4n3)[C@@H](c3ccccc3)CCC5)cn2)CC1. The van der Waals surface area contributed by atoms with Crippen LogP contribution in [0.4, 0.5) is 5.95 Å². The molecule has 0 aliphatic carbocycles. The van der Waals surface area contributed by atoms with Crippen LogP contribution in [0, 0.1) is 0 Å². The number of anilines is 1. The number of imidazole rings is 1. The standard InChI is InChI=1S/C25H26N6O/c32-19-11-13-30(14-12-19)25-26-15-18(16-27-25)20-9-10-21-24(29-20)31-22(7-4-8-23(31)28-21)17-5-2-1-3-6-17/h1-3,5-6,9-10,15-16,19,22,32H,4,7-8,11-14H2/t22-/m1/s1. The summed E-state index contributed by atoms with van der Waals surface area (Å²) in [5.41, 5.74) is 4.93. The van der Waals surface area contributed by atoms with Crippen LogP contribution in [0.15, 0.2) is 54.9 Å². The first-order chi connectivity index (χ1) is 15.8. The number of fused-ring (bicyclic) bond motifs is 3. The zero-order valence-corrected chi connectivity index (χ0v) is 17.9. The fourth-order valence-electron chi connectivity index (χ4n) is 4.94. The maximum absolute atomic E-state index is 9.73. The quantitative estimate of drug-likeness (QED) is 0.537. The summed E-state index contributed by atoms with van der Waals surface area (Å²) in [6.45, 7) is 1.57. The molecule has 0 unspecified atom stereocenters. The molecule has 5 heterocycles. The Morgan fingerprint density at radius 2 is 1.66 bits per heavy atom. The van der Waals surface area contributed by atoms with Gasteiger partial charge in [-0.1, -0.05) is 30.3 Å². The highest BCUT2D eigenvalue weighted by molar-refractivity contribution is 5.76. The Hall–Kier alpha value is -3.32. The highest BCUT2D eigenvalue weighted by Crippen LogP contribution is 2.34. The number of pyridine rings is 1. The normalized spacial score (nSPS) is 19.3. The van der Waals surface area contributed by atoms with Crippen molar-refractivity contribution in [2.24, 2.45) is 0 Å². The molecule has 1 aromatic carbocycles. The second-order valence-electron chi connectivity index (χ2n) is 8.75. The predicted octanol–water partition coefficient (Wildman–Crippen LogP) is 3.78. The summed E-state index contributed by atoms with van der Waals surface area (Å²) in [5, 5.41) is 9.73. The van der Waals surface area contributed by atoms with Crippen molar-refractivity contribution in [3.63, 3.8) is 0 Å². The van der Waals surface area contributed by atoms with Crippen LogP contribution in [-0.2, 0) is 6.42 Å². The maximum atomic E-state index is 9.73. The van der Waals surface area contributed by atoms with Gasteiger partial charge in [0.25, 0.3) is 0 Å². The van der Waals surface area contributed by atoms with Gasteiger partial charge in [0.2, 0.25) is 5.95 Å².